The molecule has 0 bridgehead atoms. The summed E-state index contributed by atoms with van der Waals surface area (Å²) in [7, 11) is 0. The number of hydrogen-bond acceptors (Lipinski definition) is 9. The van der Waals surface area contributed by atoms with Crippen molar-refractivity contribution in [2.75, 3.05) is 0 Å². The van der Waals surface area contributed by atoms with Crippen LogP contribution in [0.2, 0.25) is 0 Å². The van der Waals surface area contributed by atoms with Gasteiger partial charge in [-0.25, -0.2) is 4.79 Å². The number of aliphatic carboxylic acids is 1. The molecule has 0 aliphatic heterocycles. The van der Waals surface area contributed by atoms with Gasteiger partial charge in [-0.1, -0.05) is 12.1 Å². The molecular weight excluding hydrogens is 478 g/mol. The number of carbonyl (C=O) groups is 5. The van der Waals surface area contributed by atoms with Crippen molar-refractivity contribution in [3.8, 4) is 5.75 Å². The third-order valence-corrected chi connectivity index (χ3v) is 5.15. The Balaban J connectivity index is 2.88. The summed E-state index contributed by atoms with van der Waals surface area (Å²) >= 11 is 0. The van der Waals surface area contributed by atoms with Gasteiger partial charge in [0.05, 0.1) is 18.2 Å². The van der Waals surface area contributed by atoms with Crippen molar-refractivity contribution >= 4 is 29.6 Å². The molecule has 6 unspecified atom stereocenters. The first kappa shape index (κ1) is 30.3. The highest BCUT2D eigenvalue weighted by Gasteiger charge is 2.34. The number of carboxylic acid groups (broad SMARTS) is 1. The number of phenols is 1. The standard InChI is InChI=1S/C22H33N5O9/c1-10(28)17(20(33)25-15(22(35)36)7-8-16(24)31)27-21(34)18(11(2)29)26-19(32)14(23)9-12-3-5-13(30)6-4-12/h3-6,10-11,14-15,17-18,28-30H,7-9,23H2,1-2H3,(H2,24,31)(H,25,33)(H,26,32)(H,27,34)(H,35,36). The van der Waals surface area contributed by atoms with Gasteiger partial charge >= 0.3 is 5.97 Å². The first-order valence-electron chi connectivity index (χ1n) is 11.0. The second kappa shape index (κ2) is 14.0. The molecule has 0 spiro atoms. The molecule has 0 aromatic heterocycles. The van der Waals surface area contributed by atoms with Crippen molar-refractivity contribution in [1.29, 1.82) is 0 Å². The molecule has 0 aliphatic rings. The third kappa shape index (κ3) is 9.85. The summed E-state index contributed by atoms with van der Waals surface area (Å²) < 4.78 is 0. The second-order valence-corrected chi connectivity index (χ2v) is 8.34. The summed E-state index contributed by atoms with van der Waals surface area (Å²) in [4.78, 5) is 60.2. The summed E-state index contributed by atoms with van der Waals surface area (Å²) in [5.74, 6) is -5.12. The van der Waals surface area contributed by atoms with Crippen molar-refractivity contribution in [2.24, 2.45) is 11.5 Å². The van der Waals surface area contributed by atoms with Crippen LogP contribution in [0.4, 0.5) is 0 Å². The molecule has 1 rings (SSSR count). The molecule has 14 nitrogen and oxygen atoms in total. The van der Waals surface area contributed by atoms with Gasteiger partial charge in [-0.05, 0) is 44.4 Å². The Kier molecular flexibility index (Phi) is 11.7. The van der Waals surface area contributed by atoms with Crippen LogP contribution in [0.3, 0.4) is 0 Å². The van der Waals surface area contributed by atoms with Crippen LogP contribution in [0, 0.1) is 0 Å². The third-order valence-electron chi connectivity index (χ3n) is 5.15. The molecule has 0 radical (unpaired) electrons. The molecule has 11 N–H and O–H groups in total. The van der Waals surface area contributed by atoms with Gasteiger partial charge in [0.15, 0.2) is 0 Å². The summed E-state index contributed by atoms with van der Waals surface area (Å²) in [6, 6.07) is 0.0716. The number of phenolic OH excluding ortho intramolecular Hbond substituents is 1. The fourth-order valence-electron chi connectivity index (χ4n) is 3.10. The number of aromatic hydroxyl groups is 1. The normalized spacial score (nSPS) is 15.9. The molecule has 0 saturated carbocycles. The maximum absolute atomic E-state index is 12.8. The predicted molar refractivity (Wildman–Crippen MR) is 125 cm³/mol. The molecule has 0 heterocycles. The lowest BCUT2D eigenvalue weighted by Gasteiger charge is -2.27. The lowest BCUT2D eigenvalue weighted by Crippen LogP contribution is -2.62. The van der Waals surface area contributed by atoms with E-state index in [-0.39, 0.29) is 25.0 Å². The Bertz CT molecular complexity index is 936. The van der Waals surface area contributed by atoms with E-state index < -0.39 is 66.0 Å². The second-order valence-electron chi connectivity index (χ2n) is 8.34. The van der Waals surface area contributed by atoms with E-state index in [1.807, 2.05) is 0 Å². The maximum atomic E-state index is 12.8. The van der Waals surface area contributed by atoms with Crippen LogP contribution in [0.1, 0.15) is 32.3 Å². The summed E-state index contributed by atoms with van der Waals surface area (Å²) in [6.45, 7) is 2.37. The average molecular weight is 512 g/mol. The highest BCUT2D eigenvalue weighted by Crippen LogP contribution is 2.11. The molecule has 6 atom stereocenters. The number of nitrogens with one attached hydrogen (secondary N) is 3. The SMILES string of the molecule is CC(O)C(NC(=O)C(N)Cc1ccc(O)cc1)C(=O)NC(C(=O)NC(CCC(N)=O)C(=O)O)C(C)O. The van der Waals surface area contributed by atoms with Gasteiger partial charge in [0.2, 0.25) is 23.6 Å². The molecule has 0 aliphatic carbocycles. The number of nitrogens with two attached hydrogens (primary N) is 2. The fraction of sp³-hybridized carbons (Fsp3) is 0.500. The number of aliphatic hydroxyl groups excluding tert-OH is 2. The van der Waals surface area contributed by atoms with Crippen LogP contribution in [0.15, 0.2) is 24.3 Å². The first-order valence-corrected chi connectivity index (χ1v) is 11.0. The molecule has 4 amide bonds. The molecule has 0 saturated heterocycles. The first-order chi connectivity index (χ1) is 16.7. The Morgan fingerprint density at radius 3 is 1.78 bits per heavy atom. The van der Waals surface area contributed by atoms with Crippen LogP contribution in [-0.2, 0) is 30.4 Å². The highest BCUT2D eigenvalue weighted by molar-refractivity contribution is 5.94. The Morgan fingerprint density at radius 1 is 0.861 bits per heavy atom. The molecule has 14 heteroatoms. The van der Waals surface area contributed by atoms with Gasteiger partial charge in [0, 0.05) is 6.42 Å². The van der Waals surface area contributed by atoms with Gasteiger partial charge in [0.25, 0.3) is 0 Å². The Labute approximate surface area is 207 Å². The summed E-state index contributed by atoms with van der Waals surface area (Å²) in [5, 5.41) is 45.2. The highest BCUT2D eigenvalue weighted by atomic mass is 16.4. The number of hydrogen-bond donors (Lipinski definition) is 9. The van der Waals surface area contributed by atoms with Crippen molar-refractivity contribution in [3.05, 3.63) is 29.8 Å². The van der Waals surface area contributed by atoms with E-state index in [2.05, 4.69) is 16.0 Å². The minimum Gasteiger partial charge on any atom is -0.508 e. The average Bonchev–Trinajstić information content (AvgIpc) is 2.78. The zero-order valence-corrected chi connectivity index (χ0v) is 19.9. The zero-order chi connectivity index (χ0) is 27.6. The molecular formula is C22H33N5O9. The molecule has 0 fully saturated rings. The maximum Gasteiger partial charge on any atom is 0.326 e. The van der Waals surface area contributed by atoms with Crippen LogP contribution in [0.25, 0.3) is 0 Å². The van der Waals surface area contributed by atoms with Crippen LogP contribution in [-0.4, -0.2) is 86.4 Å². The van der Waals surface area contributed by atoms with Gasteiger partial charge in [-0.2, -0.15) is 0 Å². The number of amides is 4. The largest absolute Gasteiger partial charge is 0.508 e. The molecule has 1 aromatic carbocycles. The number of primary amides is 1. The van der Waals surface area contributed by atoms with E-state index >= 15 is 0 Å². The molecule has 1 aromatic rings. The monoisotopic (exact) mass is 511 g/mol. The summed E-state index contributed by atoms with van der Waals surface area (Å²) in [6.07, 6.45) is -3.52. The van der Waals surface area contributed by atoms with Crippen LogP contribution >= 0.6 is 0 Å². The van der Waals surface area contributed by atoms with Crippen molar-refractivity contribution in [3.63, 3.8) is 0 Å². The molecule has 200 valence electrons. The molecule has 36 heavy (non-hydrogen) atoms. The summed E-state index contributed by atoms with van der Waals surface area (Å²) in [5.41, 5.74) is 11.5. The minimum absolute atomic E-state index is 0.0295. The van der Waals surface area contributed by atoms with Crippen molar-refractivity contribution < 1.29 is 44.4 Å². The van der Waals surface area contributed by atoms with Crippen LogP contribution in [0.5, 0.6) is 5.75 Å². The zero-order valence-electron chi connectivity index (χ0n) is 19.9. The van der Waals surface area contributed by atoms with Gasteiger partial charge in [-0.3, -0.25) is 19.2 Å². The topological polar surface area (TPSA) is 254 Å². The van der Waals surface area contributed by atoms with E-state index in [0.29, 0.717) is 5.56 Å². The minimum atomic E-state index is -1.66. The van der Waals surface area contributed by atoms with Crippen LogP contribution < -0.4 is 27.4 Å². The number of aliphatic hydroxyl groups is 2. The number of rotatable bonds is 14. The van der Waals surface area contributed by atoms with E-state index in [4.69, 9.17) is 11.5 Å². The van der Waals surface area contributed by atoms with E-state index in [9.17, 15) is 44.4 Å². The predicted octanol–water partition coefficient (Wildman–Crippen LogP) is -3.17. The quantitative estimate of drug-likeness (QED) is 0.121. The van der Waals surface area contributed by atoms with Crippen molar-refractivity contribution in [1.82, 2.24) is 16.0 Å². The lowest BCUT2D eigenvalue weighted by molar-refractivity contribution is -0.143. The van der Waals surface area contributed by atoms with E-state index in [1.54, 1.807) is 12.1 Å². The van der Waals surface area contributed by atoms with E-state index in [1.165, 1.54) is 19.1 Å². The van der Waals surface area contributed by atoms with E-state index in [0.717, 1.165) is 6.92 Å². The fourth-order valence-corrected chi connectivity index (χ4v) is 3.10. The Hall–Kier alpha value is -3.75. The smallest absolute Gasteiger partial charge is 0.326 e. The van der Waals surface area contributed by atoms with Gasteiger partial charge in [-0.15, -0.1) is 0 Å². The van der Waals surface area contributed by atoms with Crippen molar-refractivity contribution in [2.45, 2.75) is 69.5 Å². The number of benzene rings is 1. The lowest BCUT2D eigenvalue weighted by atomic mass is 10.0. The van der Waals surface area contributed by atoms with Gasteiger partial charge < -0.3 is 47.8 Å². The number of carbonyl (C=O) groups excluding carboxylic acids is 4. The van der Waals surface area contributed by atoms with Gasteiger partial charge in [0.1, 0.15) is 23.9 Å². The number of carboxylic acids is 1. The Morgan fingerprint density at radius 2 is 1.33 bits per heavy atom.